The zero-order chi connectivity index (χ0) is 18.5. The Kier molecular flexibility index (Phi) is 3.93. The van der Waals surface area contributed by atoms with Crippen LogP contribution in [0.1, 0.15) is 40.5 Å². The highest BCUT2D eigenvalue weighted by atomic mass is 16.3. The number of phenols is 1. The third-order valence-electron chi connectivity index (χ3n) is 6.66. The van der Waals surface area contributed by atoms with Gasteiger partial charge in [-0.3, -0.25) is 9.69 Å². The molecule has 27 heavy (non-hydrogen) atoms. The summed E-state index contributed by atoms with van der Waals surface area (Å²) in [6, 6.07) is 13.8. The molecule has 4 fully saturated rings. The summed E-state index contributed by atoms with van der Waals surface area (Å²) in [7, 11) is 0. The Bertz CT molecular complexity index is 875. The first-order valence-corrected chi connectivity index (χ1v) is 9.89. The lowest BCUT2D eigenvalue weighted by molar-refractivity contribution is -0.00359. The number of aryl methyl sites for hydroxylation is 1. The van der Waals surface area contributed by atoms with Crippen molar-refractivity contribution in [3.8, 4) is 5.75 Å². The molecular formula is C22H25N3O2. The van der Waals surface area contributed by atoms with Crippen molar-refractivity contribution in [2.24, 2.45) is 5.92 Å². The van der Waals surface area contributed by atoms with Crippen molar-refractivity contribution in [1.29, 1.82) is 0 Å². The second-order valence-corrected chi connectivity index (χ2v) is 8.18. The van der Waals surface area contributed by atoms with E-state index in [2.05, 4.69) is 20.9 Å². The topological polar surface area (TPSA) is 56.7 Å². The normalized spacial score (nSPS) is 31.7. The van der Waals surface area contributed by atoms with Crippen molar-refractivity contribution < 1.29 is 9.90 Å². The number of fused-ring (bicyclic) bond motifs is 2. The number of amides is 1. The van der Waals surface area contributed by atoms with Crippen molar-refractivity contribution in [1.82, 2.24) is 14.8 Å². The summed E-state index contributed by atoms with van der Waals surface area (Å²) in [6.45, 7) is 4.85. The Hall–Kier alpha value is -2.40. The molecule has 0 radical (unpaired) electrons. The number of aromatic nitrogens is 1. The van der Waals surface area contributed by atoms with E-state index in [0.717, 1.165) is 24.3 Å². The maximum absolute atomic E-state index is 13.4. The molecule has 0 unspecified atom stereocenters. The van der Waals surface area contributed by atoms with Gasteiger partial charge < -0.3 is 10.0 Å². The highest BCUT2D eigenvalue weighted by Gasteiger charge is 2.54. The van der Waals surface area contributed by atoms with Crippen LogP contribution in [-0.2, 0) is 0 Å². The molecule has 1 aromatic carbocycles. The lowest BCUT2D eigenvalue weighted by atomic mass is 9.75. The lowest BCUT2D eigenvalue weighted by Crippen LogP contribution is -2.60. The van der Waals surface area contributed by atoms with Gasteiger partial charge in [-0.05, 0) is 68.6 Å². The molecule has 4 aliphatic heterocycles. The molecule has 4 saturated heterocycles. The van der Waals surface area contributed by atoms with Crippen LogP contribution >= 0.6 is 0 Å². The number of hydrogen-bond donors (Lipinski definition) is 1. The number of hydrogen-bond acceptors (Lipinski definition) is 4. The number of likely N-dealkylation sites (tertiary alicyclic amines) is 1. The van der Waals surface area contributed by atoms with Crippen LogP contribution in [-0.4, -0.2) is 57.5 Å². The molecule has 2 bridgehead atoms. The largest absolute Gasteiger partial charge is 0.508 e. The van der Waals surface area contributed by atoms with Crippen molar-refractivity contribution in [2.75, 3.05) is 19.6 Å². The van der Waals surface area contributed by atoms with Gasteiger partial charge >= 0.3 is 0 Å². The third kappa shape index (κ3) is 2.72. The summed E-state index contributed by atoms with van der Waals surface area (Å²) in [5.74, 6) is 1.14. The van der Waals surface area contributed by atoms with Crippen molar-refractivity contribution in [3.05, 3.63) is 59.4 Å². The minimum atomic E-state index is 0.0464. The number of rotatable bonds is 2. The van der Waals surface area contributed by atoms with Gasteiger partial charge in [0.15, 0.2) is 0 Å². The molecule has 6 rings (SSSR count). The number of phenolic OH excluding ortho intramolecular Hbond substituents is 1. The summed E-state index contributed by atoms with van der Waals surface area (Å²) in [5, 5.41) is 9.98. The summed E-state index contributed by atoms with van der Waals surface area (Å²) >= 11 is 0. The fourth-order valence-electron chi connectivity index (χ4n) is 5.51. The Morgan fingerprint density at radius 2 is 1.89 bits per heavy atom. The van der Waals surface area contributed by atoms with Gasteiger partial charge in [0.05, 0.1) is 6.04 Å². The zero-order valence-electron chi connectivity index (χ0n) is 15.6. The summed E-state index contributed by atoms with van der Waals surface area (Å²) in [4.78, 5) is 22.5. The molecule has 5 heterocycles. The minimum absolute atomic E-state index is 0.0464. The number of carbonyl (C=O) groups excluding carboxylic acids is 1. The second-order valence-electron chi connectivity index (χ2n) is 8.18. The molecule has 5 heteroatoms. The number of carbonyl (C=O) groups is 1. The van der Waals surface area contributed by atoms with E-state index in [1.165, 1.54) is 12.8 Å². The van der Waals surface area contributed by atoms with E-state index in [9.17, 15) is 9.90 Å². The minimum Gasteiger partial charge on any atom is -0.508 e. The van der Waals surface area contributed by atoms with E-state index in [0.29, 0.717) is 29.9 Å². The Labute approximate surface area is 159 Å². The number of benzene rings is 1. The molecule has 0 spiro atoms. The first-order valence-electron chi connectivity index (χ1n) is 9.89. The molecule has 4 aliphatic rings. The van der Waals surface area contributed by atoms with Crippen LogP contribution in [0.5, 0.6) is 5.75 Å². The molecule has 0 aliphatic carbocycles. The number of nitrogens with zero attached hydrogens (tertiary/aromatic N) is 3. The van der Waals surface area contributed by atoms with E-state index < -0.39 is 0 Å². The highest BCUT2D eigenvalue weighted by Crippen LogP contribution is 2.47. The maximum Gasteiger partial charge on any atom is 0.272 e. The Balaban J connectivity index is 1.53. The van der Waals surface area contributed by atoms with Gasteiger partial charge in [0.25, 0.3) is 5.91 Å². The predicted molar refractivity (Wildman–Crippen MR) is 103 cm³/mol. The van der Waals surface area contributed by atoms with Gasteiger partial charge in [0.1, 0.15) is 11.4 Å². The van der Waals surface area contributed by atoms with Crippen LogP contribution in [0.15, 0.2) is 42.5 Å². The molecule has 0 saturated carbocycles. The molecule has 1 aromatic heterocycles. The van der Waals surface area contributed by atoms with Gasteiger partial charge in [-0.2, -0.15) is 0 Å². The predicted octanol–water partition coefficient (Wildman–Crippen LogP) is 2.80. The fraction of sp³-hybridized carbons (Fsp3) is 0.455. The van der Waals surface area contributed by atoms with Crippen LogP contribution in [0.2, 0.25) is 0 Å². The van der Waals surface area contributed by atoms with Gasteiger partial charge in [-0.15, -0.1) is 0 Å². The van der Waals surface area contributed by atoms with E-state index in [-0.39, 0.29) is 17.9 Å². The van der Waals surface area contributed by atoms with Crippen LogP contribution in [0.3, 0.4) is 0 Å². The van der Waals surface area contributed by atoms with Crippen molar-refractivity contribution in [2.45, 2.75) is 37.8 Å². The molecule has 3 atom stereocenters. The number of aromatic hydroxyl groups is 1. The van der Waals surface area contributed by atoms with Gasteiger partial charge in [0.2, 0.25) is 0 Å². The molecular weight excluding hydrogens is 338 g/mol. The molecule has 140 valence electrons. The smallest absolute Gasteiger partial charge is 0.272 e. The second kappa shape index (κ2) is 6.34. The third-order valence-corrected chi connectivity index (χ3v) is 6.66. The molecule has 1 amide bonds. The quantitative estimate of drug-likeness (QED) is 0.891. The SMILES string of the molecule is Cc1cccc(C(=O)N2C[C@H](c3cccc(O)c3)[C@H]3[C@@H]2C2CCN3CC2)n1. The molecule has 1 N–H and O–H groups in total. The first kappa shape index (κ1) is 16.8. The van der Waals surface area contributed by atoms with Crippen LogP contribution in [0, 0.1) is 12.8 Å². The first-order chi connectivity index (χ1) is 13.1. The van der Waals surface area contributed by atoms with E-state index in [4.69, 9.17) is 0 Å². The summed E-state index contributed by atoms with van der Waals surface area (Å²) in [5.41, 5.74) is 2.54. The lowest BCUT2D eigenvalue weighted by Gasteiger charge is -2.51. The van der Waals surface area contributed by atoms with Gasteiger partial charge in [-0.25, -0.2) is 4.98 Å². The highest BCUT2D eigenvalue weighted by molar-refractivity contribution is 5.93. The Morgan fingerprint density at radius 1 is 1.11 bits per heavy atom. The van der Waals surface area contributed by atoms with Crippen molar-refractivity contribution in [3.63, 3.8) is 0 Å². The van der Waals surface area contributed by atoms with Crippen LogP contribution in [0.4, 0.5) is 0 Å². The van der Waals surface area contributed by atoms with Crippen LogP contribution in [0.25, 0.3) is 0 Å². The number of piperidine rings is 3. The van der Waals surface area contributed by atoms with Crippen molar-refractivity contribution >= 4 is 5.91 Å². The van der Waals surface area contributed by atoms with E-state index >= 15 is 0 Å². The zero-order valence-corrected chi connectivity index (χ0v) is 15.6. The van der Waals surface area contributed by atoms with Gasteiger partial charge in [0, 0.05) is 24.2 Å². The average Bonchev–Trinajstić information content (AvgIpc) is 3.11. The summed E-state index contributed by atoms with van der Waals surface area (Å²) < 4.78 is 0. The summed E-state index contributed by atoms with van der Waals surface area (Å²) in [6.07, 6.45) is 2.33. The standard InChI is InChI=1S/C22H25N3O2/c1-14-4-2-7-19(23-14)22(27)25-13-18(16-5-3-6-17(26)12-16)21-20(25)15-8-10-24(21)11-9-15/h2-7,12,15,18,20-21,26H,8-11,13H2,1H3/t18-,20+,21+/m1/s1. The average molecular weight is 363 g/mol. The molecule has 2 aromatic rings. The number of pyridine rings is 1. The Morgan fingerprint density at radius 3 is 2.63 bits per heavy atom. The monoisotopic (exact) mass is 363 g/mol. The fourth-order valence-corrected chi connectivity index (χ4v) is 5.51. The van der Waals surface area contributed by atoms with E-state index in [1.54, 1.807) is 6.07 Å². The van der Waals surface area contributed by atoms with E-state index in [1.807, 2.05) is 37.3 Å². The van der Waals surface area contributed by atoms with Crippen LogP contribution < -0.4 is 0 Å². The molecule has 5 nitrogen and oxygen atoms in total. The maximum atomic E-state index is 13.4. The van der Waals surface area contributed by atoms with Gasteiger partial charge in [-0.1, -0.05) is 18.2 Å².